The molecule has 1 rings (SSSR count). The summed E-state index contributed by atoms with van der Waals surface area (Å²) >= 11 is 7.18. The third kappa shape index (κ3) is 2.20. The maximum atomic E-state index is 11.9. The Labute approximate surface area is 109 Å². The summed E-state index contributed by atoms with van der Waals surface area (Å²) in [4.78, 5) is 24.4. The van der Waals surface area contributed by atoms with Crippen molar-refractivity contribution in [2.45, 2.75) is 26.7 Å². The second kappa shape index (κ2) is 5.30. The van der Waals surface area contributed by atoms with Gasteiger partial charge in [-0.2, -0.15) is 0 Å². The fourth-order valence-corrected chi connectivity index (χ4v) is 3.04. The number of carbonyl (C=O) groups is 2. The topological polar surface area (TPSA) is 34.1 Å². The van der Waals surface area contributed by atoms with Crippen molar-refractivity contribution in [3.63, 3.8) is 0 Å². The molecule has 0 aliphatic heterocycles. The Morgan fingerprint density at radius 2 is 1.60 bits per heavy atom. The Kier molecular flexibility index (Phi) is 4.58. The van der Waals surface area contributed by atoms with Gasteiger partial charge in [0, 0.05) is 4.86 Å². The summed E-state index contributed by atoms with van der Waals surface area (Å²) in [6.45, 7) is 3.87. The van der Waals surface area contributed by atoms with Crippen LogP contribution in [0.1, 0.15) is 26.7 Å². The van der Waals surface area contributed by atoms with Crippen LogP contribution in [0.25, 0.3) is 0 Å². The highest BCUT2D eigenvalue weighted by molar-refractivity contribution is 14.1. The molecule has 0 aromatic carbocycles. The second-order valence-electron chi connectivity index (χ2n) is 3.58. The van der Waals surface area contributed by atoms with Gasteiger partial charge in [0.15, 0.2) is 11.6 Å². The van der Waals surface area contributed by atoms with Crippen LogP contribution in [-0.4, -0.2) is 16.4 Å². The van der Waals surface area contributed by atoms with Gasteiger partial charge >= 0.3 is 0 Å². The highest BCUT2D eigenvalue weighted by Crippen LogP contribution is 2.30. The standard InChI is InChI=1S/C11H13IO2S/c1-3-6-9(13)8(5-12)10(14)7(4-2)11(6)15/h5-7H,3-4H2,1-2H3. The summed E-state index contributed by atoms with van der Waals surface area (Å²) in [6.07, 6.45) is 1.38. The van der Waals surface area contributed by atoms with Crippen LogP contribution < -0.4 is 0 Å². The quantitative estimate of drug-likeness (QED) is 0.337. The van der Waals surface area contributed by atoms with E-state index in [0.717, 1.165) is 0 Å². The van der Waals surface area contributed by atoms with E-state index in [1.807, 2.05) is 36.4 Å². The average Bonchev–Trinajstić information content (AvgIpc) is 2.19. The maximum Gasteiger partial charge on any atom is 0.174 e. The summed E-state index contributed by atoms with van der Waals surface area (Å²) in [6, 6.07) is 0. The smallest absolute Gasteiger partial charge is 0.174 e. The van der Waals surface area contributed by atoms with E-state index in [1.165, 1.54) is 0 Å². The predicted molar refractivity (Wildman–Crippen MR) is 72.3 cm³/mol. The summed E-state index contributed by atoms with van der Waals surface area (Å²) in [5.41, 5.74) is 0.336. The Bertz CT molecular complexity index is 318. The molecule has 2 atom stereocenters. The van der Waals surface area contributed by atoms with Crippen LogP contribution in [0.4, 0.5) is 0 Å². The molecule has 0 bridgehead atoms. The van der Waals surface area contributed by atoms with E-state index in [4.69, 9.17) is 12.2 Å². The Hall–Kier alpha value is -0.100. The minimum atomic E-state index is -0.233. The number of rotatable bonds is 2. The van der Waals surface area contributed by atoms with Crippen molar-refractivity contribution in [1.29, 1.82) is 0 Å². The lowest BCUT2D eigenvalue weighted by molar-refractivity contribution is -0.125. The largest absolute Gasteiger partial charge is 0.293 e. The first-order chi connectivity index (χ1) is 7.08. The lowest BCUT2D eigenvalue weighted by Crippen LogP contribution is -2.41. The van der Waals surface area contributed by atoms with Gasteiger partial charge < -0.3 is 0 Å². The van der Waals surface area contributed by atoms with E-state index in [2.05, 4.69) is 0 Å². The molecule has 2 nitrogen and oxygen atoms in total. The van der Waals surface area contributed by atoms with E-state index in [1.54, 1.807) is 4.08 Å². The molecule has 1 aliphatic rings. The zero-order valence-electron chi connectivity index (χ0n) is 8.75. The predicted octanol–water partition coefficient (Wildman–Crippen LogP) is 2.88. The number of allylic oxidation sites excluding steroid dienone is 1. The van der Waals surface area contributed by atoms with Gasteiger partial charge in [-0.25, -0.2) is 0 Å². The summed E-state index contributed by atoms with van der Waals surface area (Å²) in [5, 5.41) is 0. The molecule has 1 saturated carbocycles. The number of hydrogen-bond donors (Lipinski definition) is 0. The monoisotopic (exact) mass is 336 g/mol. The average molecular weight is 336 g/mol. The zero-order valence-corrected chi connectivity index (χ0v) is 11.7. The number of carbonyl (C=O) groups excluding carboxylic acids is 2. The molecule has 82 valence electrons. The molecular formula is C11H13IO2S. The van der Waals surface area contributed by atoms with E-state index in [9.17, 15) is 9.59 Å². The highest BCUT2D eigenvalue weighted by atomic mass is 127. The Balaban J connectivity index is 3.15. The van der Waals surface area contributed by atoms with Gasteiger partial charge in [0.05, 0.1) is 17.4 Å². The van der Waals surface area contributed by atoms with Gasteiger partial charge in [-0.15, -0.1) is 0 Å². The van der Waals surface area contributed by atoms with Crippen molar-refractivity contribution in [1.82, 2.24) is 0 Å². The molecule has 0 spiro atoms. The SMILES string of the molecule is CCC1C(=O)C(=CI)C(=O)C(CC)C1=S. The second-order valence-corrected chi connectivity index (χ2v) is 4.67. The number of thiocarbonyl (C=S) groups is 1. The molecule has 1 fully saturated rings. The Morgan fingerprint density at radius 1 is 1.20 bits per heavy atom. The lowest BCUT2D eigenvalue weighted by Gasteiger charge is -2.28. The first-order valence-corrected chi connectivity index (χ1v) is 6.66. The van der Waals surface area contributed by atoms with Crippen LogP contribution in [0.2, 0.25) is 0 Å². The fourth-order valence-electron chi connectivity index (χ4n) is 1.88. The molecule has 0 aromatic rings. The number of ketones is 2. The molecule has 0 N–H and O–H groups in total. The van der Waals surface area contributed by atoms with Crippen molar-refractivity contribution in [3.8, 4) is 0 Å². The molecule has 0 aromatic heterocycles. The van der Waals surface area contributed by atoms with Crippen molar-refractivity contribution in [2.75, 3.05) is 0 Å². The molecule has 0 heterocycles. The van der Waals surface area contributed by atoms with Crippen molar-refractivity contribution < 1.29 is 9.59 Å². The molecule has 1 aliphatic carbocycles. The normalized spacial score (nSPS) is 27.1. The van der Waals surface area contributed by atoms with Gasteiger partial charge in [0.25, 0.3) is 0 Å². The van der Waals surface area contributed by atoms with E-state index in [0.29, 0.717) is 23.3 Å². The van der Waals surface area contributed by atoms with Crippen LogP contribution in [-0.2, 0) is 9.59 Å². The zero-order chi connectivity index (χ0) is 11.6. The van der Waals surface area contributed by atoms with Crippen molar-refractivity contribution >= 4 is 51.2 Å². The van der Waals surface area contributed by atoms with E-state index >= 15 is 0 Å². The molecular weight excluding hydrogens is 323 g/mol. The molecule has 0 saturated heterocycles. The Morgan fingerprint density at radius 3 is 1.87 bits per heavy atom. The van der Waals surface area contributed by atoms with Gasteiger partial charge in [-0.3, -0.25) is 9.59 Å². The molecule has 4 heteroatoms. The maximum absolute atomic E-state index is 11.9. The van der Waals surface area contributed by atoms with Gasteiger partial charge in [0.2, 0.25) is 0 Å². The molecule has 0 amide bonds. The first kappa shape index (κ1) is 13.0. The van der Waals surface area contributed by atoms with Gasteiger partial charge in [-0.05, 0) is 16.9 Å². The minimum absolute atomic E-state index is 0.0911. The van der Waals surface area contributed by atoms with Gasteiger partial charge in [0.1, 0.15) is 0 Å². The van der Waals surface area contributed by atoms with Crippen molar-refractivity contribution in [3.05, 3.63) is 9.66 Å². The molecule has 15 heavy (non-hydrogen) atoms. The fraction of sp³-hybridized carbons (Fsp3) is 0.545. The third-order valence-electron chi connectivity index (χ3n) is 2.78. The minimum Gasteiger partial charge on any atom is -0.293 e. The van der Waals surface area contributed by atoms with Crippen molar-refractivity contribution in [2.24, 2.45) is 11.8 Å². The van der Waals surface area contributed by atoms with Crippen LogP contribution in [0.15, 0.2) is 9.66 Å². The first-order valence-electron chi connectivity index (χ1n) is 5.00. The number of Topliss-reactive ketones (excluding diaryl/α,β-unsaturated/α-hetero) is 2. The summed E-state index contributed by atoms with van der Waals surface area (Å²) < 4.78 is 1.59. The molecule has 2 unspecified atom stereocenters. The molecule has 0 radical (unpaired) electrons. The van der Waals surface area contributed by atoms with Crippen LogP contribution in [0, 0.1) is 11.8 Å². The summed E-state index contributed by atoms with van der Waals surface area (Å²) in [5.74, 6) is -0.648. The number of hydrogen-bond acceptors (Lipinski definition) is 3. The van der Waals surface area contributed by atoms with Crippen LogP contribution in [0.5, 0.6) is 0 Å². The van der Waals surface area contributed by atoms with Crippen LogP contribution in [0.3, 0.4) is 0 Å². The summed E-state index contributed by atoms with van der Waals surface area (Å²) in [7, 11) is 0. The van der Waals surface area contributed by atoms with Crippen LogP contribution >= 0.6 is 34.8 Å². The van der Waals surface area contributed by atoms with E-state index in [-0.39, 0.29) is 23.4 Å². The van der Waals surface area contributed by atoms with Gasteiger partial charge in [-0.1, -0.05) is 48.7 Å². The number of halogens is 1. The van der Waals surface area contributed by atoms with E-state index < -0.39 is 0 Å². The third-order valence-corrected chi connectivity index (χ3v) is 3.97. The lowest BCUT2D eigenvalue weighted by atomic mass is 9.75. The highest BCUT2D eigenvalue weighted by Gasteiger charge is 2.40.